The molecule has 3 aliphatic heterocycles. The summed E-state index contributed by atoms with van der Waals surface area (Å²) in [4.78, 5) is 41.4. The molecule has 4 rings (SSSR count). The molecule has 0 saturated carbocycles. The van der Waals surface area contributed by atoms with Gasteiger partial charge in [0.15, 0.2) is 6.04 Å². The first-order valence-corrected chi connectivity index (χ1v) is 9.38. The number of fused-ring (bicyclic) bond motifs is 2. The standard InChI is InChI=1S/C18H18ClN3O5S/c1-8-5-9(19)6-10-11(8)21(4)14(24)18(10)12(20-15(28)27-18)13(23)22-16(25)26-7-17(22,2)3/h5-6,12H,7H2,1-4H3,(H,20,28)/t12-,18-/m0/s1. The van der Waals surface area contributed by atoms with Crippen LogP contribution in [-0.2, 0) is 24.7 Å². The summed E-state index contributed by atoms with van der Waals surface area (Å²) < 4.78 is 10.8. The van der Waals surface area contributed by atoms with Gasteiger partial charge in [0, 0.05) is 17.6 Å². The minimum Gasteiger partial charge on any atom is -0.447 e. The van der Waals surface area contributed by atoms with E-state index in [1.807, 2.05) is 6.92 Å². The van der Waals surface area contributed by atoms with E-state index in [0.29, 0.717) is 16.3 Å². The highest BCUT2D eigenvalue weighted by Gasteiger charge is 2.66. The highest BCUT2D eigenvalue weighted by Crippen LogP contribution is 2.49. The molecule has 3 heterocycles. The van der Waals surface area contributed by atoms with E-state index < -0.39 is 35.1 Å². The Labute approximate surface area is 171 Å². The number of anilines is 1. The summed E-state index contributed by atoms with van der Waals surface area (Å²) in [5.74, 6) is -1.12. The fraction of sp³-hybridized carbons (Fsp3) is 0.444. The van der Waals surface area contributed by atoms with Crippen LogP contribution in [0.4, 0.5) is 10.5 Å². The molecule has 1 N–H and O–H groups in total. The number of imide groups is 1. The number of halogens is 1. The Morgan fingerprint density at radius 2 is 2.04 bits per heavy atom. The van der Waals surface area contributed by atoms with Crippen LogP contribution in [0.3, 0.4) is 0 Å². The monoisotopic (exact) mass is 423 g/mol. The van der Waals surface area contributed by atoms with Gasteiger partial charge in [-0.2, -0.15) is 0 Å². The smallest absolute Gasteiger partial charge is 0.417 e. The Bertz CT molecular complexity index is 965. The normalized spacial score (nSPS) is 27.8. The van der Waals surface area contributed by atoms with Crippen LogP contribution in [-0.4, -0.2) is 53.2 Å². The number of cyclic esters (lactones) is 1. The van der Waals surface area contributed by atoms with E-state index in [1.54, 1.807) is 33.0 Å². The SMILES string of the molecule is Cc1cc(Cl)cc2c1N(C)C(=O)[C@]21OC(=S)N[C@H]1C(=O)N1C(=O)OCC1(C)C. The lowest BCUT2D eigenvalue weighted by atomic mass is 9.85. The number of nitrogens with zero attached hydrogens (tertiary/aromatic N) is 2. The Morgan fingerprint density at radius 1 is 1.36 bits per heavy atom. The van der Waals surface area contributed by atoms with Crippen molar-refractivity contribution in [3.8, 4) is 0 Å². The Morgan fingerprint density at radius 3 is 2.64 bits per heavy atom. The van der Waals surface area contributed by atoms with E-state index in [1.165, 1.54) is 4.90 Å². The molecule has 0 radical (unpaired) electrons. The number of benzene rings is 1. The van der Waals surface area contributed by atoms with Crippen LogP contribution >= 0.6 is 23.8 Å². The van der Waals surface area contributed by atoms with Gasteiger partial charge >= 0.3 is 6.09 Å². The van der Waals surface area contributed by atoms with Gasteiger partial charge in [-0.15, -0.1) is 0 Å². The predicted molar refractivity (Wildman–Crippen MR) is 104 cm³/mol. The zero-order chi connectivity index (χ0) is 20.6. The van der Waals surface area contributed by atoms with Gasteiger partial charge in [-0.3, -0.25) is 9.59 Å². The molecule has 0 aliphatic carbocycles. The number of likely N-dealkylation sites (N-methyl/N-ethyl adjacent to an activating group) is 1. The van der Waals surface area contributed by atoms with Gasteiger partial charge in [0.2, 0.25) is 5.60 Å². The van der Waals surface area contributed by atoms with Gasteiger partial charge in [-0.25, -0.2) is 9.69 Å². The van der Waals surface area contributed by atoms with Crippen molar-refractivity contribution in [1.29, 1.82) is 0 Å². The molecule has 28 heavy (non-hydrogen) atoms. The number of amides is 3. The highest BCUT2D eigenvalue weighted by atomic mass is 35.5. The highest BCUT2D eigenvalue weighted by molar-refractivity contribution is 7.80. The summed E-state index contributed by atoms with van der Waals surface area (Å²) >= 11 is 11.4. The number of carbonyl (C=O) groups is 3. The first kappa shape index (κ1) is 18.9. The summed E-state index contributed by atoms with van der Waals surface area (Å²) in [7, 11) is 1.59. The Hall–Kier alpha value is -2.39. The average Bonchev–Trinajstić information content (AvgIpc) is 3.15. The molecule has 2 atom stereocenters. The number of hydrogen-bond acceptors (Lipinski definition) is 6. The molecule has 148 valence electrons. The maximum atomic E-state index is 13.4. The lowest BCUT2D eigenvalue weighted by Gasteiger charge is -2.32. The van der Waals surface area contributed by atoms with E-state index in [0.717, 1.165) is 10.5 Å². The summed E-state index contributed by atoms with van der Waals surface area (Å²) in [6.07, 6.45) is -0.772. The molecule has 0 unspecified atom stereocenters. The van der Waals surface area contributed by atoms with Crippen LogP contribution < -0.4 is 10.2 Å². The Kier molecular flexibility index (Phi) is 3.93. The second-order valence-corrected chi connectivity index (χ2v) is 8.53. The molecule has 3 amide bonds. The second kappa shape index (κ2) is 5.81. The first-order chi connectivity index (χ1) is 13.0. The number of hydrogen-bond donors (Lipinski definition) is 1. The third kappa shape index (κ3) is 2.29. The van der Waals surface area contributed by atoms with Crippen LogP contribution in [0.5, 0.6) is 0 Å². The fourth-order valence-corrected chi connectivity index (χ4v) is 4.65. The molecule has 10 heteroatoms. The van der Waals surface area contributed by atoms with Crippen molar-refractivity contribution in [3.05, 3.63) is 28.3 Å². The minimum atomic E-state index is -1.74. The zero-order valence-corrected chi connectivity index (χ0v) is 17.2. The largest absolute Gasteiger partial charge is 0.447 e. The molecule has 2 saturated heterocycles. The number of carbonyl (C=O) groups excluding carboxylic acids is 3. The van der Waals surface area contributed by atoms with E-state index >= 15 is 0 Å². The summed E-state index contributed by atoms with van der Waals surface area (Å²) in [6, 6.07) is 2.08. The maximum Gasteiger partial charge on any atom is 0.417 e. The first-order valence-electron chi connectivity index (χ1n) is 8.60. The van der Waals surface area contributed by atoms with Gasteiger partial charge in [0.05, 0.1) is 11.2 Å². The summed E-state index contributed by atoms with van der Waals surface area (Å²) in [5.41, 5.74) is -0.832. The van der Waals surface area contributed by atoms with Gasteiger partial charge in [0.25, 0.3) is 17.0 Å². The predicted octanol–water partition coefficient (Wildman–Crippen LogP) is 1.85. The molecular weight excluding hydrogens is 406 g/mol. The minimum absolute atomic E-state index is 0.0535. The average molecular weight is 424 g/mol. The Balaban J connectivity index is 1.90. The van der Waals surface area contributed by atoms with Crippen molar-refractivity contribution >= 4 is 52.6 Å². The quantitative estimate of drug-likeness (QED) is 0.689. The second-order valence-electron chi connectivity index (χ2n) is 7.73. The van der Waals surface area contributed by atoms with E-state index in [9.17, 15) is 14.4 Å². The third-order valence-corrected chi connectivity index (χ3v) is 5.77. The van der Waals surface area contributed by atoms with Gasteiger partial charge in [0.1, 0.15) is 6.61 Å². The fourth-order valence-electron chi connectivity index (χ4n) is 4.13. The van der Waals surface area contributed by atoms with Crippen LogP contribution in [0.1, 0.15) is 25.0 Å². The number of aryl methyl sites for hydroxylation is 1. The number of ether oxygens (including phenoxy) is 2. The number of thiocarbonyl (C=S) groups is 1. The molecule has 0 bridgehead atoms. The van der Waals surface area contributed by atoms with Crippen LogP contribution in [0.25, 0.3) is 0 Å². The summed E-state index contributed by atoms with van der Waals surface area (Å²) in [6.45, 7) is 5.27. The van der Waals surface area contributed by atoms with Crippen LogP contribution in [0.15, 0.2) is 12.1 Å². The van der Waals surface area contributed by atoms with E-state index in [2.05, 4.69) is 5.32 Å². The van der Waals surface area contributed by atoms with Crippen LogP contribution in [0.2, 0.25) is 5.02 Å². The molecule has 1 aromatic rings. The third-order valence-electron chi connectivity index (χ3n) is 5.35. The van der Waals surface area contributed by atoms with Crippen molar-refractivity contribution in [3.63, 3.8) is 0 Å². The lowest BCUT2D eigenvalue weighted by molar-refractivity contribution is -0.145. The van der Waals surface area contributed by atoms with Crippen LogP contribution in [0, 0.1) is 6.92 Å². The number of rotatable bonds is 1. The van der Waals surface area contributed by atoms with E-state index in [4.69, 9.17) is 33.3 Å². The zero-order valence-electron chi connectivity index (χ0n) is 15.7. The van der Waals surface area contributed by atoms with Crippen molar-refractivity contribution in [2.75, 3.05) is 18.6 Å². The molecule has 3 aliphatic rings. The molecule has 1 aromatic carbocycles. The van der Waals surface area contributed by atoms with Crippen molar-refractivity contribution in [2.45, 2.75) is 38.0 Å². The molecule has 2 fully saturated rings. The molecule has 0 aromatic heterocycles. The van der Waals surface area contributed by atoms with Gasteiger partial charge < -0.3 is 19.7 Å². The van der Waals surface area contributed by atoms with Crippen molar-refractivity contribution in [1.82, 2.24) is 10.2 Å². The molecule has 1 spiro atoms. The van der Waals surface area contributed by atoms with Crippen molar-refractivity contribution in [2.24, 2.45) is 0 Å². The van der Waals surface area contributed by atoms with E-state index in [-0.39, 0.29) is 11.8 Å². The van der Waals surface area contributed by atoms with Gasteiger partial charge in [-0.1, -0.05) is 11.6 Å². The van der Waals surface area contributed by atoms with Gasteiger partial charge in [-0.05, 0) is 50.7 Å². The maximum absolute atomic E-state index is 13.4. The topological polar surface area (TPSA) is 88.2 Å². The molecule has 8 nitrogen and oxygen atoms in total. The number of nitrogens with one attached hydrogen (secondary N) is 1. The summed E-state index contributed by atoms with van der Waals surface area (Å²) in [5, 5.41) is 3.07. The lowest BCUT2D eigenvalue weighted by Crippen LogP contribution is -2.60. The molecular formula is C18H18ClN3O5S. The van der Waals surface area contributed by atoms with Crippen molar-refractivity contribution < 1.29 is 23.9 Å².